The fourth-order valence-corrected chi connectivity index (χ4v) is 1.91. The quantitative estimate of drug-likeness (QED) is 0.714. The molecule has 5 nitrogen and oxygen atoms in total. The minimum atomic E-state index is -1.05. The molecule has 0 bridgehead atoms. The first-order chi connectivity index (χ1) is 9.41. The van der Waals surface area contributed by atoms with E-state index in [-0.39, 0.29) is 23.4 Å². The number of rotatable bonds is 7. The third-order valence-corrected chi connectivity index (χ3v) is 3.16. The van der Waals surface area contributed by atoms with Gasteiger partial charge < -0.3 is 16.2 Å². The van der Waals surface area contributed by atoms with Crippen molar-refractivity contribution in [2.75, 3.05) is 5.32 Å². The van der Waals surface area contributed by atoms with Crippen molar-refractivity contribution in [2.45, 2.75) is 39.2 Å². The number of nitrogens with two attached hydrogens (primary N) is 1. The van der Waals surface area contributed by atoms with E-state index >= 15 is 0 Å². The average molecular weight is 278 g/mol. The van der Waals surface area contributed by atoms with Gasteiger partial charge in [0, 0.05) is 12.0 Å². The van der Waals surface area contributed by atoms with Crippen LogP contribution in [0.3, 0.4) is 0 Å². The molecule has 1 aromatic carbocycles. The van der Waals surface area contributed by atoms with E-state index in [0.717, 1.165) is 19.3 Å². The summed E-state index contributed by atoms with van der Waals surface area (Å²) in [5.41, 5.74) is 6.10. The first-order valence-electron chi connectivity index (χ1n) is 6.80. The number of carbonyl (C=O) groups excluding carboxylic acids is 1. The minimum absolute atomic E-state index is 0.101. The maximum Gasteiger partial charge on any atom is 0.337 e. The summed E-state index contributed by atoms with van der Waals surface area (Å²) in [5, 5.41) is 11.7. The molecule has 2 atom stereocenters. The van der Waals surface area contributed by atoms with Crippen LogP contribution in [0, 0.1) is 5.92 Å². The Hall–Kier alpha value is -1.88. The highest BCUT2D eigenvalue weighted by molar-refractivity contribution is 6.01. The zero-order valence-corrected chi connectivity index (χ0v) is 11.9. The third-order valence-electron chi connectivity index (χ3n) is 3.16. The van der Waals surface area contributed by atoms with Crippen molar-refractivity contribution in [2.24, 2.45) is 11.7 Å². The topological polar surface area (TPSA) is 92.4 Å². The van der Waals surface area contributed by atoms with E-state index < -0.39 is 5.97 Å². The highest BCUT2D eigenvalue weighted by Crippen LogP contribution is 2.17. The summed E-state index contributed by atoms with van der Waals surface area (Å²) in [4.78, 5) is 23.1. The van der Waals surface area contributed by atoms with Crippen LogP contribution in [0.2, 0.25) is 0 Å². The third kappa shape index (κ3) is 5.01. The fraction of sp³-hybridized carbons (Fsp3) is 0.467. The lowest BCUT2D eigenvalue weighted by Crippen LogP contribution is -2.22. The van der Waals surface area contributed by atoms with Gasteiger partial charge in [0.2, 0.25) is 5.91 Å². The molecular weight excluding hydrogens is 256 g/mol. The number of carboxylic acids is 1. The van der Waals surface area contributed by atoms with Crippen molar-refractivity contribution < 1.29 is 14.7 Å². The van der Waals surface area contributed by atoms with Gasteiger partial charge in [-0.15, -0.1) is 0 Å². The number of hydrogen-bond acceptors (Lipinski definition) is 3. The van der Waals surface area contributed by atoms with E-state index in [4.69, 9.17) is 10.8 Å². The highest BCUT2D eigenvalue weighted by atomic mass is 16.4. The van der Waals surface area contributed by atoms with E-state index in [1.54, 1.807) is 18.2 Å². The van der Waals surface area contributed by atoms with Gasteiger partial charge in [-0.2, -0.15) is 0 Å². The predicted molar refractivity (Wildman–Crippen MR) is 78.7 cm³/mol. The first-order valence-corrected chi connectivity index (χ1v) is 6.80. The maximum atomic E-state index is 12.0. The van der Waals surface area contributed by atoms with Crippen molar-refractivity contribution in [3.63, 3.8) is 0 Å². The predicted octanol–water partition coefficient (Wildman–Crippen LogP) is 2.48. The summed E-state index contributed by atoms with van der Waals surface area (Å²) in [5.74, 6) is -1.38. The second-order valence-electron chi connectivity index (χ2n) is 5.15. The molecule has 1 rings (SSSR count). The first kappa shape index (κ1) is 16.2. The van der Waals surface area contributed by atoms with E-state index in [0.29, 0.717) is 5.69 Å². The smallest absolute Gasteiger partial charge is 0.337 e. The molecule has 5 heteroatoms. The standard InChI is InChI=1S/C15H22N2O3/c1-10(6-5-7-11(2)16)14(18)17-13-9-4-3-8-12(13)15(19)20/h3-4,8-11H,5-7,16H2,1-2H3,(H,17,18)(H,19,20). The van der Waals surface area contributed by atoms with E-state index in [1.807, 2.05) is 13.8 Å². The molecule has 1 aromatic rings. The van der Waals surface area contributed by atoms with Gasteiger partial charge in [0.05, 0.1) is 11.3 Å². The lowest BCUT2D eigenvalue weighted by Gasteiger charge is -2.14. The van der Waals surface area contributed by atoms with E-state index in [2.05, 4.69) is 5.32 Å². The highest BCUT2D eigenvalue weighted by Gasteiger charge is 2.16. The summed E-state index contributed by atoms with van der Waals surface area (Å²) in [6, 6.07) is 6.53. The molecule has 0 heterocycles. The van der Waals surface area contributed by atoms with Crippen LogP contribution >= 0.6 is 0 Å². The summed E-state index contributed by atoms with van der Waals surface area (Å²) in [6.07, 6.45) is 2.50. The molecule has 0 saturated carbocycles. The van der Waals surface area contributed by atoms with Crippen LogP contribution in [0.15, 0.2) is 24.3 Å². The van der Waals surface area contributed by atoms with Gasteiger partial charge in [0.25, 0.3) is 0 Å². The maximum absolute atomic E-state index is 12.0. The molecule has 0 aliphatic heterocycles. The van der Waals surface area contributed by atoms with Gasteiger partial charge in [0.1, 0.15) is 0 Å². The zero-order chi connectivity index (χ0) is 15.1. The number of aromatic carboxylic acids is 1. The van der Waals surface area contributed by atoms with Crippen LogP contribution < -0.4 is 11.1 Å². The zero-order valence-electron chi connectivity index (χ0n) is 11.9. The van der Waals surface area contributed by atoms with Crippen LogP contribution in [0.25, 0.3) is 0 Å². The van der Waals surface area contributed by atoms with Gasteiger partial charge in [-0.25, -0.2) is 4.79 Å². The lowest BCUT2D eigenvalue weighted by atomic mass is 10.0. The van der Waals surface area contributed by atoms with Crippen LogP contribution in [0.5, 0.6) is 0 Å². The Morgan fingerprint density at radius 1 is 1.25 bits per heavy atom. The van der Waals surface area contributed by atoms with Crippen molar-refractivity contribution in [1.29, 1.82) is 0 Å². The number of anilines is 1. The molecule has 0 radical (unpaired) electrons. The normalized spacial score (nSPS) is 13.6. The molecule has 0 aliphatic rings. The summed E-state index contributed by atoms with van der Waals surface area (Å²) >= 11 is 0. The second-order valence-corrected chi connectivity index (χ2v) is 5.15. The van der Waals surface area contributed by atoms with Crippen LogP contribution in [0.4, 0.5) is 5.69 Å². The van der Waals surface area contributed by atoms with Crippen LogP contribution in [-0.4, -0.2) is 23.0 Å². The number of hydrogen-bond donors (Lipinski definition) is 3. The van der Waals surface area contributed by atoms with Gasteiger partial charge >= 0.3 is 5.97 Å². The second kappa shape index (κ2) is 7.65. The minimum Gasteiger partial charge on any atom is -0.478 e. The van der Waals surface area contributed by atoms with Crippen molar-refractivity contribution in [3.8, 4) is 0 Å². The van der Waals surface area contributed by atoms with Gasteiger partial charge in [0.15, 0.2) is 0 Å². The van der Waals surface area contributed by atoms with Crippen molar-refractivity contribution in [3.05, 3.63) is 29.8 Å². The summed E-state index contributed by atoms with van der Waals surface area (Å²) in [6.45, 7) is 3.77. The Morgan fingerprint density at radius 2 is 1.90 bits per heavy atom. The van der Waals surface area contributed by atoms with Crippen molar-refractivity contribution >= 4 is 17.6 Å². The molecule has 0 aromatic heterocycles. The SMILES string of the molecule is CC(N)CCCC(C)C(=O)Nc1ccccc1C(=O)O. The Labute approximate surface area is 119 Å². The molecule has 0 fully saturated rings. The molecule has 0 aliphatic carbocycles. The fourth-order valence-electron chi connectivity index (χ4n) is 1.91. The number of nitrogens with one attached hydrogen (secondary N) is 1. The van der Waals surface area contributed by atoms with E-state index in [9.17, 15) is 9.59 Å². The molecule has 20 heavy (non-hydrogen) atoms. The Balaban J connectivity index is 2.59. The van der Waals surface area contributed by atoms with Crippen LogP contribution in [-0.2, 0) is 4.79 Å². The molecule has 1 amide bonds. The monoisotopic (exact) mass is 278 g/mol. The van der Waals surface area contributed by atoms with Gasteiger partial charge in [-0.3, -0.25) is 4.79 Å². The molecule has 0 saturated heterocycles. The van der Waals surface area contributed by atoms with Crippen LogP contribution in [0.1, 0.15) is 43.5 Å². The molecule has 4 N–H and O–H groups in total. The number of para-hydroxylation sites is 1. The van der Waals surface area contributed by atoms with Crippen molar-refractivity contribution in [1.82, 2.24) is 0 Å². The molecular formula is C15H22N2O3. The number of carbonyl (C=O) groups is 2. The van der Waals surface area contributed by atoms with Gasteiger partial charge in [-0.05, 0) is 31.9 Å². The largest absolute Gasteiger partial charge is 0.478 e. The number of benzene rings is 1. The summed E-state index contributed by atoms with van der Waals surface area (Å²) in [7, 11) is 0. The number of carboxylic acid groups (broad SMARTS) is 1. The molecule has 0 spiro atoms. The number of amides is 1. The lowest BCUT2D eigenvalue weighted by molar-refractivity contribution is -0.119. The summed E-state index contributed by atoms with van der Waals surface area (Å²) < 4.78 is 0. The molecule has 2 unspecified atom stereocenters. The average Bonchev–Trinajstić information content (AvgIpc) is 2.38. The Morgan fingerprint density at radius 3 is 2.50 bits per heavy atom. The van der Waals surface area contributed by atoms with E-state index in [1.165, 1.54) is 6.07 Å². The molecule has 110 valence electrons. The Kier molecular flexibility index (Phi) is 6.18. The Bertz CT molecular complexity index is 472. The van der Waals surface area contributed by atoms with Gasteiger partial charge in [-0.1, -0.05) is 25.5 Å².